The summed E-state index contributed by atoms with van der Waals surface area (Å²) in [6, 6.07) is 9.63. The molecule has 0 saturated heterocycles. The van der Waals surface area contributed by atoms with Gasteiger partial charge in [0.15, 0.2) is 0 Å². The lowest BCUT2D eigenvalue weighted by Gasteiger charge is -1.90. The maximum atomic E-state index is 8.62. The summed E-state index contributed by atoms with van der Waals surface area (Å²) in [5, 5.41) is 15.0. The highest BCUT2D eigenvalue weighted by atomic mass is 15.2. The molecule has 1 aromatic heterocycles. The third kappa shape index (κ3) is 1.27. The van der Waals surface area contributed by atoms with Gasteiger partial charge in [0, 0.05) is 4.98 Å². The van der Waals surface area contributed by atoms with Gasteiger partial charge in [-0.25, -0.2) is 0 Å². The number of hydrogen-bond acceptors (Lipinski definition) is 2. The van der Waals surface area contributed by atoms with Gasteiger partial charge in [-0.1, -0.05) is 35.4 Å². The van der Waals surface area contributed by atoms with Crippen LogP contribution in [0.25, 0.3) is 16.1 Å². The predicted molar refractivity (Wildman–Crippen MR) is 48.8 cm³/mol. The summed E-state index contributed by atoms with van der Waals surface area (Å²) in [7, 11) is 0. The highest BCUT2D eigenvalue weighted by Crippen LogP contribution is 2.26. The second-order valence-electron chi connectivity index (χ2n) is 2.60. The molecular weight excluding hydrogens is 164 g/mol. The molecule has 0 amide bonds. The summed E-state index contributed by atoms with van der Waals surface area (Å²) in [4.78, 5) is 3.09. The van der Waals surface area contributed by atoms with Crippen LogP contribution in [0.4, 0.5) is 5.82 Å². The first-order chi connectivity index (χ1) is 6.42. The van der Waals surface area contributed by atoms with E-state index in [-0.39, 0.29) is 0 Å². The Morgan fingerprint density at radius 1 is 1.23 bits per heavy atom. The summed E-state index contributed by atoms with van der Waals surface area (Å²) in [5.74, 6) is 0.381. The molecule has 0 aliphatic rings. The van der Waals surface area contributed by atoms with E-state index in [0.29, 0.717) is 5.82 Å². The number of aromatic amines is 1. The van der Waals surface area contributed by atoms with Crippen molar-refractivity contribution in [1.82, 2.24) is 10.2 Å². The fraction of sp³-hybridized carbons (Fsp3) is 0. The molecule has 2 aromatic rings. The smallest absolute Gasteiger partial charge is 0.130 e. The highest BCUT2D eigenvalue weighted by molar-refractivity contribution is 5.74. The molecule has 4 nitrogen and oxygen atoms in total. The van der Waals surface area contributed by atoms with Crippen LogP contribution in [0.5, 0.6) is 0 Å². The van der Waals surface area contributed by atoms with Gasteiger partial charge in [0.25, 0.3) is 0 Å². The molecule has 0 bridgehead atoms. The van der Waals surface area contributed by atoms with Crippen LogP contribution in [0.3, 0.4) is 0 Å². The molecule has 0 fully saturated rings. The Bertz CT molecular complexity index is 438. The fourth-order valence-electron chi connectivity index (χ4n) is 1.18. The molecule has 62 valence electrons. The van der Waals surface area contributed by atoms with E-state index in [1.165, 1.54) is 0 Å². The third-order valence-electron chi connectivity index (χ3n) is 1.80. The van der Waals surface area contributed by atoms with Crippen molar-refractivity contribution >= 4 is 5.82 Å². The minimum Gasteiger partial charge on any atom is -0.130 e. The standard InChI is InChI=1S/C9H7N4/c10-12-9-8(6-11-13-9)7-4-2-1-3-5-7/h1-6H,(H,11,13)/q+1. The Morgan fingerprint density at radius 2 is 2.00 bits per heavy atom. The van der Waals surface area contributed by atoms with Gasteiger partial charge in [0.1, 0.15) is 5.56 Å². The van der Waals surface area contributed by atoms with Gasteiger partial charge in [-0.2, -0.15) is 0 Å². The first-order valence-electron chi connectivity index (χ1n) is 3.85. The normalized spacial score (nSPS) is 9.46. The zero-order valence-electron chi connectivity index (χ0n) is 6.81. The number of rotatable bonds is 1. The van der Waals surface area contributed by atoms with Crippen LogP contribution in [-0.4, -0.2) is 10.2 Å². The number of hydrogen-bond donors (Lipinski definition) is 1. The van der Waals surface area contributed by atoms with E-state index in [1.807, 2.05) is 30.3 Å². The SMILES string of the molecule is N#[N+]c1[nH]ncc1-c1ccccc1. The molecule has 2 rings (SSSR count). The van der Waals surface area contributed by atoms with Crippen LogP contribution in [0, 0.1) is 5.39 Å². The summed E-state index contributed by atoms with van der Waals surface area (Å²) in [6.07, 6.45) is 1.63. The zero-order valence-corrected chi connectivity index (χ0v) is 6.81. The van der Waals surface area contributed by atoms with E-state index in [0.717, 1.165) is 11.1 Å². The molecule has 0 aliphatic carbocycles. The molecule has 0 unspecified atom stereocenters. The topological polar surface area (TPSA) is 56.8 Å². The quantitative estimate of drug-likeness (QED) is 0.670. The highest BCUT2D eigenvalue weighted by Gasteiger charge is 2.15. The molecule has 0 spiro atoms. The molecule has 1 aromatic carbocycles. The second kappa shape index (κ2) is 3.07. The number of diazo groups is 1. The lowest BCUT2D eigenvalue weighted by molar-refractivity contribution is 1.10. The van der Waals surface area contributed by atoms with E-state index in [2.05, 4.69) is 15.2 Å². The largest absolute Gasteiger partial charge is 0.451 e. The van der Waals surface area contributed by atoms with E-state index in [1.54, 1.807) is 6.20 Å². The van der Waals surface area contributed by atoms with Crippen molar-refractivity contribution in [2.45, 2.75) is 0 Å². The number of H-pyrrole nitrogens is 1. The molecule has 4 heteroatoms. The van der Waals surface area contributed by atoms with E-state index >= 15 is 0 Å². The molecule has 0 atom stereocenters. The molecule has 13 heavy (non-hydrogen) atoms. The van der Waals surface area contributed by atoms with Crippen LogP contribution < -0.4 is 0 Å². The van der Waals surface area contributed by atoms with Crippen molar-refractivity contribution in [3.05, 3.63) is 41.5 Å². The summed E-state index contributed by atoms with van der Waals surface area (Å²) < 4.78 is 0. The Labute approximate surface area is 74.8 Å². The van der Waals surface area contributed by atoms with Gasteiger partial charge in [0.2, 0.25) is 0 Å². The predicted octanol–water partition coefficient (Wildman–Crippen LogP) is 2.56. The molecule has 1 N–H and O–H groups in total. The van der Waals surface area contributed by atoms with Gasteiger partial charge >= 0.3 is 5.82 Å². The van der Waals surface area contributed by atoms with E-state index < -0.39 is 0 Å². The Hall–Kier alpha value is -2.15. The average molecular weight is 171 g/mol. The lowest BCUT2D eigenvalue weighted by atomic mass is 10.1. The Balaban J connectivity index is 2.54. The van der Waals surface area contributed by atoms with Crippen LogP contribution >= 0.6 is 0 Å². The first-order valence-corrected chi connectivity index (χ1v) is 3.85. The van der Waals surface area contributed by atoms with Crippen molar-refractivity contribution in [3.63, 3.8) is 0 Å². The molecular formula is C9H7N4+. The average Bonchev–Trinajstić information content (AvgIpc) is 2.67. The van der Waals surface area contributed by atoms with Crippen LogP contribution in [0.1, 0.15) is 0 Å². The minimum atomic E-state index is 0.381. The Morgan fingerprint density at radius 3 is 2.69 bits per heavy atom. The van der Waals surface area contributed by atoms with Gasteiger partial charge in [-0.05, 0) is 5.56 Å². The summed E-state index contributed by atoms with van der Waals surface area (Å²) in [5.41, 5.74) is 1.77. The third-order valence-corrected chi connectivity index (χ3v) is 1.80. The van der Waals surface area contributed by atoms with Crippen molar-refractivity contribution in [2.24, 2.45) is 0 Å². The monoisotopic (exact) mass is 171 g/mol. The van der Waals surface area contributed by atoms with E-state index in [4.69, 9.17) is 5.39 Å². The van der Waals surface area contributed by atoms with E-state index in [9.17, 15) is 0 Å². The van der Waals surface area contributed by atoms with Crippen molar-refractivity contribution < 1.29 is 0 Å². The maximum absolute atomic E-state index is 8.62. The van der Waals surface area contributed by atoms with Gasteiger partial charge in [0.05, 0.1) is 11.6 Å². The van der Waals surface area contributed by atoms with Crippen LogP contribution in [0.15, 0.2) is 36.5 Å². The minimum absolute atomic E-state index is 0.381. The maximum Gasteiger partial charge on any atom is 0.451 e. The number of benzene rings is 1. The summed E-state index contributed by atoms with van der Waals surface area (Å²) >= 11 is 0. The van der Waals surface area contributed by atoms with Crippen molar-refractivity contribution in [2.75, 3.05) is 0 Å². The van der Waals surface area contributed by atoms with Gasteiger partial charge in [-0.15, -0.1) is 5.10 Å². The van der Waals surface area contributed by atoms with Crippen LogP contribution in [-0.2, 0) is 0 Å². The van der Waals surface area contributed by atoms with Gasteiger partial charge in [-0.3, -0.25) is 0 Å². The molecule has 0 radical (unpaired) electrons. The molecule has 1 heterocycles. The number of aromatic nitrogens is 2. The van der Waals surface area contributed by atoms with Crippen molar-refractivity contribution in [3.8, 4) is 11.1 Å². The number of nitrogens with zero attached hydrogens (tertiary/aromatic N) is 3. The van der Waals surface area contributed by atoms with Gasteiger partial charge < -0.3 is 0 Å². The zero-order chi connectivity index (χ0) is 9.10. The first kappa shape index (κ1) is 7.50. The lowest BCUT2D eigenvalue weighted by Crippen LogP contribution is -1.71. The fourth-order valence-corrected chi connectivity index (χ4v) is 1.18. The number of nitrogens with one attached hydrogen (secondary N) is 1. The molecule has 0 saturated carbocycles. The molecule has 0 aliphatic heterocycles. The van der Waals surface area contributed by atoms with Crippen LogP contribution in [0.2, 0.25) is 0 Å². The Kier molecular flexibility index (Phi) is 1.77. The summed E-state index contributed by atoms with van der Waals surface area (Å²) in [6.45, 7) is 0. The van der Waals surface area contributed by atoms with Crippen molar-refractivity contribution in [1.29, 1.82) is 5.39 Å². The second-order valence-corrected chi connectivity index (χ2v) is 2.60.